The lowest BCUT2D eigenvalue weighted by Crippen LogP contribution is -2.19. The van der Waals surface area contributed by atoms with Crippen LogP contribution in [0.3, 0.4) is 0 Å². The van der Waals surface area contributed by atoms with E-state index < -0.39 is 0 Å². The monoisotopic (exact) mass is 304 g/mol. The summed E-state index contributed by atoms with van der Waals surface area (Å²) in [7, 11) is 7.73. The van der Waals surface area contributed by atoms with Crippen LogP contribution in [-0.2, 0) is 6.54 Å². The zero-order valence-corrected chi connectivity index (χ0v) is 13.9. The third kappa shape index (κ3) is 3.16. The van der Waals surface area contributed by atoms with Gasteiger partial charge in [0, 0.05) is 34.7 Å². The molecular weight excluding hydrogens is 280 g/mol. The molecule has 2 heterocycles. The van der Waals surface area contributed by atoms with E-state index in [1.807, 2.05) is 38.0 Å². The van der Waals surface area contributed by atoms with Gasteiger partial charge in [-0.1, -0.05) is 6.92 Å². The summed E-state index contributed by atoms with van der Waals surface area (Å²) >= 11 is 0. The summed E-state index contributed by atoms with van der Waals surface area (Å²) in [6.07, 6.45) is 1.00. The lowest BCUT2D eigenvalue weighted by atomic mass is 10.3. The average molecular weight is 304 g/mol. The zero-order valence-electron chi connectivity index (χ0n) is 13.9. The molecule has 120 valence electrons. The Bertz CT molecular complexity index is 653. The Labute approximate surface area is 130 Å². The van der Waals surface area contributed by atoms with E-state index in [1.54, 1.807) is 0 Å². The summed E-state index contributed by atoms with van der Waals surface area (Å²) < 4.78 is 0. The van der Waals surface area contributed by atoms with Gasteiger partial charge in [0.15, 0.2) is 11.6 Å². The van der Waals surface area contributed by atoms with Gasteiger partial charge < -0.3 is 20.9 Å². The molecule has 0 aliphatic rings. The fraction of sp³-hybridized carbons (Fsp3) is 0.571. The third-order valence-corrected chi connectivity index (χ3v) is 3.12. The van der Waals surface area contributed by atoms with Crippen LogP contribution in [0.4, 0.5) is 17.6 Å². The van der Waals surface area contributed by atoms with Crippen molar-refractivity contribution in [3.63, 3.8) is 0 Å². The molecule has 0 aliphatic carbocycles. The van der Waals surface area contributed by atoms with Crippen molar-refractivity contribution in [2.75, 3.05) is 49.9 Å². The predicted octanol–water partition coefficient (Wildman–Crippen LogP) is 0.832. The molecule has 3 N–H and O–H groups in total. The van der Waals surface area contributed by atoms with Crippen LogP contribution in [0.5, 0.6) is 0 Å². The fourth-order valence-corrected chi connectivity index (χ4v) is 2.06. The van der Waals surface area contributed by atoms with Gasteiger partial charge in [-0.3, -0.25) is 0 Å². The molecule has 0 saturated heterocycles. The average Bonchev–Trinajstić information content (AvgIpc) is 2.50. The van der Waals surface area contributed by atoms with Crippen molar-refractivity contribution in [2.45, 2.75) is 19.9 Å². The molecule has 2 aromatic rings. The van der Waals surface area contributed by atoms with Gasteiger partial charge in [0.05, 0.1) is 6.54 Å². The van der Waals surface area contributed by atoms with Gasteiger partial charge in [-0.05, 0) is 6.42 Å². The van der Waals surface area contributed by atoms with E-state index in [9.17, 15) is 0 Å². The minimum Gasteiger partial charge on any atom is -0.361 e. The van der Waals surface area contributed by atoms with E-state index >= 15 is 0 Å². The SMILES string of the molecule is CCCNc1nc(N(C)C)c2nc(CN)nc(N(C)C)c2n1. The maximum Gasteiger partial charge on any atom is 0.225 e. The second-order valence-corrected chi connectivity index (χ2v) is 5.45. The second-order valence-electron chi connectivity index (χ2n) is 5.45. The van der Waals surface area contributed by atoms with E-state index in [1.165, 1.54) is 0 Å². The minimum absolute atomic E-state index is 0.277. The standard InChI is InChI=1S/C14H24N8/c1-6-7-16-14-19-11-10(13(20-14)22(4)5)17-9(8-15)18-12(11)21(2)3/h6-8,15H2,1-5H3,(H,16,19,20). The quantitative estimate of drug-likeness (QED) is 0.810. The van der Waals surface area contributed by atoms with Crippen LogP contribution >= 0.6 is 0 Å². The van der Waals surface area contributed by atoms with Crippen LogP contribution in [0.15, 0.2) is 0 Å². The summed E-state index contributed by atoms with van der Waals surface area (Å²) in [5, 5.41) is 3.23. The van der Waals surface area contributed by atoms with Gasteiger partial charge in [0.2, 0.25) is 5.95 Å². The smallest absolute Gasteiger partial charge is 0.225 e. The summed E-state index contributed by atoms with van der Waals surface area (Å²) in [6, 6.07) is 0. The molecule has 0 spiro atoms. The van der Waals surface area contributed by atoms with Crippen LogP contribution in [0.2, 0.25) is 0 Å². The Hall–Kier alpha value is -2.22. The fourth-order valence-electron chi connectivity index (χ4n) is 2.06. The molecule has 0 bridgehead atoms. The third-order valence-electron chi connectivity index (χ3n) is 3.12. The van der Waals surface area contributed by atoms with Crippen molar-refractivity contribution in [2.24, 2.45) is 5.73 Å². The topological polar surface area (TPSA) is 96.1 Å². The number of aromatic nitrogens is 4. The van der Waals surface area contributed by atoms with Crippen molar-refractivity contribution in [3.8, 4) is 0 Å². The first-order valence-electron chi connectivity index (χ1n) is 7.35. The largest absolute Gasteiger partial charge is 0.361 e. The predicted molar refractivity (Wildman–Crippen MR) is 90.5 cm³/mol. The Morgan fingerprint density at radius 2 is 1.50 bits per heavy atom. The first-order valence-corrected chi connectivity index (χ1v) is 7.35. The molecule has 0 unspecified atom stereocenters. The Morgan fingerprint density at radius 3 is 2.05 bits per heavy atom. The molecule has 8 nitrogen and oxygen atoms in total. The number of hydrogen-bond donors (Lipinski definition) is 2. The molecule has 0 amide bonds. The van der Waals surface area contributed by atoms with Gasteiger partial charge >= 0.3 is 0 Å². The number of anilines is 3. The highest BCUT2D eigenvalue weighted by molar-refractivity contribution is 5.93. The lowest BCUT2D eigenvalue weighted by molar-refractivity contribution is 0.899. The van der Waals surface area contributed by atoms with Crippen molar-refractivity contribution in [3.05, 3.63) is 5.82 Å². The highest BCUT2D eigenvalue weighted by Gasteiger charge is 2.17. The molecule has 0 radical (unpaired) electrons. The molecule has 22 heavy (non-hydrogen) atoms. The lowest BCUT2D eigenvalue weighted by Gasteiger charge is -2.19. The van der Waals surface area contributed by atoms with Gasteiger partial charge in [-0.25, -0.2) is 15.0 Å². The number of nitrogens with zero attached hydrogens (tertiary/aromatic N) is 6. The van der Waals surface area contributed by atoms with Gasteiger partial charge in [-0.2, -0.15) is 4.98 Å². The van der Waals surface area contributed by atoms with Crippen LogP contribution in [0.1, 0.15) is 19.2 Å². The number of nitrogens with two attached hydrogens (primary N) is 1. The summed E-state index contributed by atoms with van der Waals surface area (Å²) in [6.45, 7) is 3.19. The Morgan fingerprint density at radius 1 is 0.909 bits per heavy atom. The highest BCUT2D eigenvalue weighted by Crippen LogP contribution is 2.28. The van der Waals surface area contributed by atoms with Crippen molar-refractivity contribution < 1.29 is 0 Å². The normalized spacial score (nSPS) is 10.8. The van der Waals surface area contributed by atoms with Crippen LogP contribution < -0.4 is 20.9 Å². The minimum atomic E-state index is 0.277. The molecule has 2 rings (SSSR count). The maximum absolute atomic E-state index is 5.72. The zero-order chi connectivity index (χ0) is 16.3. The molecule has 8 heteroatoms. The summed E-state index contributed by atoms with van der Waals surface area (Å²) in [5.41, 5.74) is 7.16. The molecular formula is C14H24N8. The van der Waals surface area contributed by atoms with E-state index in [-0.39, 0.29) is 6.54 Å². The van der Waals surface area contributed by atoms with Crippen molar-refractivity contribution in [1.82, 2.24) is 19.9 Å². The maximum atomic E-state index is 5.72. The molecule has 2 aromatic heterocycles. The number of fused-ring (bicyclic) bond motifs is 1. The first kappa shape index (κ1) is 16.2. The first-order chi connectivity index (χ1) is 10.5. The molecule has 0 fully saturated rings. The van der Waals surface area contributed by atoms with E-state index in [4.69, 9.17) is 5.73 Å². The summed E-state index contributed by atoms with van der Waals surface area (Å²) in [4.78, 5) is 22.0. The number of hydrogen-bond acceptors (Lipinski definition) is 8. The van der Waals surface area contributed by atoms with Gasteiger partial charge in [0.25, 0.3) is 0 Å². The Kier molecular flexibility index (Phi) is 4.92. The summed E-state index contributed by atoms with van der Waals surface area (Å²) in [5.74, 6) is 2.67. The van der Waals surface area contributed by atoms with Crippen LogP contribution in [-0.4, -0.2) is 54.7 Å². The molecule has 0 aromatic carbocycles. The van der Waals surface area contributed by atoms with Crippen molar-refractivity contribution in [1.29, 1.82) is 0 Å². The van der Waals surface area contributed by atoms with Gasteiger partial charge in [-0.15, -0.1) is 0 Å². The van der Waals surface area contributed by atoms with E-state index in [2.05, 4.69) is 32.2 Å². The molecule has 0 atom stereocenters. The van der Waals surface area contributed by atoms with Crippen LogP contribution in [0, 0.1) is 0 Å². The molecule has 0 saturated carbocycles. The van der Waals surface area contributed by atoms with Gasteiger partial charge in [0.1, 0.15) is 16.9 Å². The van der Waals surface area contributed by atoms with Crippen molar-refractivity contribution >= 4 is 28.6 Å². The van der Waals surface area contributed by atoms with E-state index in [0.717, 1.165) is 30.1 Å². The number of rotatable bonds is 6. The van der Waals surface area contributed by atoms with Crippen LogP contribution in [0.25, 0.3) is 11.0 Å². The second kappa shape index (κ2) is 6.69. The Balaban J connectivity index is 2.73. The number of nitrogens with one attached hydrogen (secondary N) is 1. The molecule has 0 aliphatic heterocycles. The van der Waals surface area contributed by atoms with E-state index in [0.29, 0.717) is 17.3 Å². The highest BCUT2D eigenvalue weighted by atomic mass is 15.2.